The number of likely N-dealkylation sites (N-methyl/N-ethyl adjacent to an activating group) is 1. The molecule has 0 radical (unpaired) electrons. The molecule has 1 aliphatic heterocycles. The van der Waals surface area contributed by atoms with Crippen molar-refractivity contribution in [3.8, 4) is 0 Å². The molecule has 28 heavy (non-hydrogen) atoms. The molecule has 1 aliphatic rings. The van der Waals surface area contributed by atoms with Gasteiger partial charge in [0, 0.05) is 40.3 Å². The van der Waals surface area contributed by atoms with Crippen molar-refractivity contribution in [3.63, 3.8) is 0 Å². The summed E-state index contributed by atoms with van der Waals surface area (Å²) in [6.07, 6.45) is 0.863. The van der Waals surface area contributed by atoms with Crippen LogP contribution in [0.2, 0.25) is 0 Å². The zero-order valence-corrected chi connectivity index (χ0v) is 17.2. The van der Waals surface area contributed by atoms with Crippen LogP contribution >= 0.6 is 11.3 Å². The number of hydrogen-bond acceptors (Lipinski definition) is 4. The van der Waals surface area contributed by atoms with Crippen molar-refractivity contribution >= 4 is 21.4 Å². The lowest BCUT2D eigenvalue weighted by molar-refractivity contribution is 0.151. The lowest BCUT2D eigenvalue weighted by atomic mass is 9.92. The van der Waals surface area contributed by atoms with E-state index in [0.29, 0.717) is 0 Å². The monoisotopic (exact) mass is 398 g/mol. The van der Waals surface area contributed by atoms with E-state index in [0.717, 1.165) is 25.1 Å². The van der Waals surface area contributed by atoms with Gasteiger partial charge in [0.2, 0.25) is 0 Å². The Bertz CT molecular complexity index is 957. The first-order valence-corrected chi connectivity index (χ1v) is 10.7. The van der Waals surface area contributed by atoms with Crippen LogP contribution < -0.4 is 5.32 Å². The largest absolute Gasteiger partial charge is 0.395 e. The number of aliphatic hydroxyl groups excluding tert-OH is 1. The fourth-order valence-corrected chi connectivity index (χ4v) is 5.70. The van der Waals surface area contributed by atoms with Crippen molar-refractivity contribution in [2.24, 2.45) is 5.92 Å². The van der Waals surface area contributed by atoms with Crippen LogP contribution in [0.3, 0.4) is 0 Å². The van der Waals surface area contributed by atoms with Crippen molar-refractivity contribution in [1.29, 1.82) is 0 Å². The number of halogens is 1. The molecule has 0 unspecified atom stereocenters. The Morgan fingerprint density at radius 1 is 1.18 bits per heavy atom. The van der Waals surface area contributed by atoms with Crippen molar-refractivity contribution in [1.82, 2.24) is 10.2 Å². The average molecular weight is 399 g/mol. The van der Waals surface area contributed by atoms with E-state index in [-0.39, 0.29) is 30.4 Å². The molecule has 3 nitrogen and oxygen atoms in total. The second-order valence-electron chi connectivity index (χ2n) is 7.73. The Labute approximate surface area is 169 Å². The first-order valence-electron chi connectivity index (χ1n) is 9.85. The van der Waals surface area contributed by atoms with Gasteiger partial charge in [0.25, 0.3) is 0 Å². The molecule has 0 amide bonds. The molecule has 3 atom stereocenters. The first kappa shape index (κ1) is 19.5. The Morgan fingerprint density at radius 2 is 1.93 bits per heavy atom. The number of fused-ring (bicyclic) bond motifs is 1. The van der Waals surface area contributed by atoms with E-state index in [4.69, 9.17) is 0 Å². The zero-order chi connectivity index (χ0) is 19.7. The number of hydrogen-bond donors (Lipinski definition) is 2. The van der Waals surface area contributed by atoms with Gasteiger partial charge in [-0.1, -0.05) is 36.4 Å². The fraction of sp³-hybridized carbons (Fsp3) is 0.391. The van der Waals surface area contributed by atoms with Crippen molar-refractivity contribution in [3.05, 3.63) is 70.4 Å². The smallest absolute Gasteiger partial charge is 0.127 e. The van der Waals surface area contributed by atoms with Crippen LogP contribution in [0.15, 0.2) is 48.5 Å². The standard InChI is InChI=1S/C23H27FN2OS/c1-15-20(18-7-4-6-10-22(18)28-15)13-25-12-16-11-17(14-27)26(2)23(16)19-8-3-5-9-21(19)24/h3-10,16-17,23,25,27H,11-14H2,1-2H3/t16-,17+,23-/m1/s1. The van der Waals surface area contributed by atoms with Gasteiger partial charge in [-0.25, -0.2) is 4.39 Å². The summed E-state index contributed by atoms with van der Waals surface area (Å²) in [6, 6.07) is 15.6. The predicted octanol–water partition coefficient (Wildman–Crippen LogP) is 4.49. The number of likely N-dealkylation sites (tertiary alicyclic amines) is 1. The van der Waals surface area contributed by atoms with Crippen LogP contribution in [0.1, 0.15) is 28.5 Å². The molecule has 148 valence electrons. The number of aliphatic hydroxyl groups is 1. The van der Waals surface area contributed by atoms with Gasteiger partial charge in [0.15, 0.2) is 0 Å². The van der Waals surface area contributed by atoms with Gasteiger partial charge in [0.05, 0.1) is 6.61 Å². The summed E-state index contributed by atoms with van der Waals surface area (Å²) >= 11 is 1.83. The van der Waals surface area contributed by atoms with Crippen LogP contribution in [0.25, 0.3) is 10.1 Å². The molecule has 2 N–H and O–H groups in total. The maximum absolute atomic E-state index is 14.5. The van der Waals surface area contributed by atoms with E-state index in [9.17, 15) is 9.50 Å². The van der Waals surface area contributed by atoms with E-state index in [1.54, 1.807) is 6.07 Å². The average Bonchev–Trinajstić information content (AvgIpc) is 3.19. The summed E-state index contributed by atoms with van der Waals surface area (Å²) in [6.45, 7) is 3.88. The second kappa shape index (κ2) is 8.29. The SMILES string of the molecule is Cc1sc2ccccc2c1CNC[C@H]1C[C@@H](CO)N(C)[C@H]1c1ccccc1F. The Kier molecular flexibility index (Phi) is 5.78. The van der Waals surface area contributed by atoms with Crippen molar-refractivity contribution in [2.45, 2.75) is 32.0 Å². The van der Waals surface area contributed by atoms with Crippen LogP contribution in [0.4, 0.5) is 4.39 Å². The minimum Gasteiger partial charge on any atom is -0.395 e. The highest BCUT2D eigenvalue weighted by atomic mass is 32.1. The molecule has 1 aromatic heterocycles. The molecule has 3 aromatic rings. The van der Waals surface area contributed by atoms with Crippen molar-refractivity contribution < 1.29 is 9.50 Å². The highest BCUT2D eigenvalue weighted by molar-refractivity contribution is 7.19. The maximum atomic E-state index is 14.5. The quantitative estimate of drug-likeness (QED) is 0.642. The highest BCUT2D eigenvalue weighted by Crippen LogP contribution is 2.40. The maximum Gasteiger partial charge on any atom is 0.127 e. The molecule has 1 saturated heterocycles. The Morgan fingerprint density at radius 3 is 2.71 bits per heavy atom. The van der Waals surface area contributed by atoms with Gasteiger partial charge in [-0.2, -0.15) is 0 Å². The second-order valence-corrected chi connectivity index (χ2v) is 8.98. The number of nitrogens with one attached hydrogen (secondary N) is 1. The molecule has 0 spiro atoms. The van der Waals surface area contributed by atoms with E-state index in [1.165, 1.54) is 26.6 Å². The third kappa shape index (κ3) is 3.60. The van der Waals surface area contributed by atoms with Crippen molar-refractivity contribution in [2.75, 3.05) is 20.2 Å². The van der Waals surface area contributed by atoms with Gasteiger partial charge < -0.3 is 10.4 Å². The minimum atomic E-state index is -0.164. The molecule has 4 rings (SSSR count). The lowest BCUT2D eigenvalue weighted by Gasteiger charge is -2.28. The van der Waals surface area contributed by atoms with Gasteiger partial charge in [0.1, 0.15) is 5.82 Å². The normalized spacial score (nSPS) is 22.9. The molecule has 0 saturated carbocycles. The van der Waals surface area contributed by atoms with Crippen LogP contribution in [-0.2, 0) is 6.54 Å². The van der Waals surface area contributed by atoms with Gasteiger partial charge in [-0.3, -0.25) is 4.90 Å². The zero-order valence-electron chi connectivity index (χ0n) is 16.4. The molecule has 5 heteroatoms. The van der Waals surface area contributed by atoms with Crippen LogP contribution in [-0.4, -0.2) is 36.2 Å². The number of aryl methyl sites for hydroxylation is 1. The predicted molar refractivity (Wildman–Crippen MR) is 114 cm³/mol. The summed E-state index contributed by atoms with van der Waals surface area (Å²) < 4.78 is 15.8. The number of rotatable bonds is 6. The van der Waals surface area contributed by atoms with E-state index >= 15 is 0 Å². The molecule has 0 aliphatic carbocycles. The summed E-state index contributed by atoms with van der Waals surface area (Å²) in [5.74, 6) is 0.0897. The van der Waals surface area contributed by atoms with E-state index in [1.807, 2.05) is 30.5 Å². The molecule has 2 aromatic carbocycles. The molecule has 1 fully saturated rings. The fourth-order valence-electron chi connectivity index (χ4n) is 4.61. The van der Waals surface area contributed by atoms with E-state index < -0.39 is 0 Å². The van der Waals surface area contributed by atoms with Gasteiger partial charge in [-0.15, -0.1) is 11.3 Å². The molecular formula is C23H27FN2OS. The summed E-state index contributed by atoms with van der Waals surface area (Å²) in [5.41, 5.74) is 2.08. The van der Waals surface area contributed by atoms with Gasteiger partial charge in [-0.05, 0) is 49.4 Å². The van der Waals surface area contributed by atoms with E-state index in [2.05, 4.69) is 41.4 Å². The van der Waals surface area contributed by atoms with Crippen LogP contribution in [0.5, 0.6) is 0 Å². The number of benzene rings is 2. The summed E-state index contributed by atoms with van der Waals surface area (Å²) in [5, 5.41) is 14.7. The highest BCUT2D eigenvalue weighted by Gasteiger charge is 2.40. The third-order valence-corrected chi connectivity index (χ3v) is 7.21. The lowest BCUT2D eigenvalue weighted by Crippen LogP contribution is -2.32. The summed E-state index contributed by atoms with van der Waals surface area (Å²) in [4.78, 5) is 3.48. The Hall–Kier alpha value is -1.79. The van der Waals surface area contributed by atoms with Gasteiger partial charge >= 0.3 is 0 Å². The Balaban J connectivity index is 1.51. The molecule has 2 heterocycles. The third-order valence-electron chi connectivity index (χ3n) is 6.08. The first-order chi connectivity index (χ1) is 13.6. The number of nitrogens with zero attached hydrogens (tertiary/aromatic N) is 1. The minimum absolute atomic E-state index is 0.0221. The molecular weight excluding hydrogens is 371 g/mol. The number of thiophene rings is 1. The molecule has 0 bridgehead atoms. The summed E-state index contributed by atoms with van der Waals surface area (Å²) in [7, 11) is 1.99. The van der Waals surface area contributed by atoms with Crippen LogP contribution in [0, 0.1) is 18.7 Å². The topological polar surface area (TPSA) is 35.5 Å².